The number of anilines is 1. The number of benzene rings is 2. The van der Waals surface area contributed by atoms with Gasteiger partial charge in [-0.05, 0) is 54.7 Å². The fourth-order valence-electron chi connectivity index (χ4n) is 3.33. The molecule has 0 bridgehead atoms. The molecule has 0 radical (unpaired) electrons. The third-order valence-electron chi connectivity index (χ3n) is 5.43. The molecule has 1 atom stereocenters. The van der Waals surface area contributed by atoms with Crippen LogP contribution in [0, 0.1) is 11.7 Å². The number of nitrogens with zero attached hydrogens (tertiary/aromatic N) is 2. The fourth-order valence-corrected chi connectivity index (χ4v) is 4.18. The van der Waals surface area contributed by atoms with Gasteiger partial charge in [-0.25, -0.2) is 12.8 Å². The number of rotatable bonds is 11. The number of sulfonamides is 1. The summed E-state index contributed by atoms with van der Waals surface area (Å²) in [6.07, 6.45) is 1.84. The van der Waals surface area contributed by atoms with Crippen LogP contribution in [-0.4, -0.2) is 50.5 Å². The van der Waals surface area contributed by atoms with Gasteiger partial charge < -0.3 is 10.2 Å². The lowest BCUT2D eigenvalue weighted by Gasteiger charge is -2.31. The lowest BCUT2D eigenvalue weighted by Crippen LogP contribution is -2.51. The molecule has 9 heteroatoms. The molecule has 0 fully saturated rings. The van der Waals surface area contributed by atoms with Crippen molar-refractivity contribution in [3.8, 4) is 0 Å². The molecule has 0 spiro atoms. The van der Waals surface area contributed by atoms with Crippen molar-refractivity contribution < 1.29 is 22.4 Å². The summed E-state index contributed by atoms with van der Waals surface area (Å²) in [6, 6.07) is 11.7. The minimum absolute atomic E-state index is 0.0295. The zero-order valence-corrected chi connectivity index (χ0v) is 21.2. The molecule has 0 saturated heterocycles. The number of hydrogen-bond donors (Lipinski definition) is 1. The smallest absolute Gasteiger partial charge is 0.244 e. The molecular weight excluding hydrogens is 457 g/mol. The van der Waals surface area contributed by atoms with Crippen LogP contribution in [0.4, 0.5) is 10.1 Å². The van der Waals surface area contributed by atoms with Crippen LogP contribution in [0.1, 0.15) is 38.8 Å². The third kappa shape index (κ3) is 7.83. The van der Waals surface area contributed by atoms with Gasteiger partial charge in [-0.15, -0.1) is 0 Å². The Labute approximate surface area is 202 Å². The van der Waals surface area contributed by atoms with Crippen LogP contribution in [0.3, 0.4) is 0 Å². The second kappa shape index (κ2) is 12.0. The summed E-state index contributed by atoms with van der Waals surface area (Å²) in [6.45, 7) is 7.51. The number of aryl methyl sites for hydroxylation is 1. The largest absolute Gasteiger partial charge is 0.354 e. The molecule has 7 nitrogen and oxygen atoms in total. The molecule has 2 aromatic rings. The first-order chi connectivity index (χ1) is 15.9. The maximum Gasteiger partial charge on any atom is 0.244 e. The molecule has 2 aromatic carbocycles. The Hall–Kier alpha value is -2.94. The van der Waals surface area contributed by atoms with E-state index in [0.29, 0.717) is 17.8 Å². The summed E-state index contributed by atoms with van der Waals surface area (Å²) < 4.78 is 39.5. The predicted octanol–water partition coefficient (Wildman–Crippen LogP) is 3.34. The van der Waals surface area contributed by atoms with Crippen molar-refractivity contribution in [3.05, 3.63) is 65.5 Å². The van der Waals surface area contributed by atoms with E-state index in [2.05, 4.69) is 5.32 Å². The van der Waals surface area contributed by atoms with Gasteiger partial charge in [0.2, 0.25) is 21.8 Å². The van der Waals surface area contributed by atoms with Gasteiger partial charge in [0.1, 0.15) is 18.4 Å². The number of nitrogens with one attached hydrogen (secondary N) is 1. The molecule has 186 valence electrons. The molecule has 0 aliphatic heterocycles. The summed E-state index contributed by atoms with van der Waals surface area (Å²) in [5, 5.41) is 2.82. The molecule has 0 aromatic heterocycles. The van der Waals surface area contributed by atoms with Gasteiger partial charge in [0, 0.05) is 13.1 Å². The number of hydrogen-bond acceptors (Lipinski definition) is 4. The van der Waals surface area contributed by atoms with Crippen molar-refractivity contribution in [3.63, 3.8) is 0 Å². The van der Waals surface area contributed by atoms with E-state index in [-0.39, 0.29) is 18.4 Å². The van der Waals surface area contributed by atoms with E-state index in [9.17, 15) is 22.4 Å². The van der Waals surface area contributed by atoms with Gasteiger partial charge in [0.05, 0.1) is 11.9 Å². The molecule has 1 N–H and O–H groups in total. The first kappa shape index (κ1) is 27.3. The van der Waals surface area contributed by atoms with Crippen LogP contribution in [0.15, 0.2) is 48.5 Å². The summed E-state index contributed by atoms with van der Waals surface area (Å²) >= 11 is 0. The van der Waals surface area contributed by atoms with E-state index < -0.39 is 34.3 Å². The highest BCUT2D eigenvalue weighted by atomic mass is 32.2. The van der Waals surface area contributed by atoms with Crippen LogP contribution in [0.25, 0.3) is 0 Å². The molecule has 2 amide bonds. The van der Waals surface area contributed by atoms with Gasteiger partial charge in [0.15, 0.2) is 0 Å². The van der Waals surface area contributed by atoms with Crippen molar-refractivity contribution in [1.82, 2.24) is 10.2 Å². The normalized spacial score (nSPS) is 12.3. The minimum atomic E-state index is -3.78. The number of carbonyl (C=O) groups excluding carboxylic acids is 2. The zero-order valence-electron chi connectivity index (χ0n) is 20.4. The molecule has 0 aliphatic rings. The average molecular weight is 492 g/mol. The van der Waals surface area contributed by atoms with Crippen LogP contribution in [0.5, 0.6) is 0 Å². The maximum absolute atomic E-state index is 13.4. The van der Waals surface area contributed by atoms with Gasteiger partial charge in [-0.2, -0.15) is 0 Å². The van der Waals surface area contributed by atoms with Gasteiger partial charge >= 0.3 is 0 Å². The third-order valence-corrected chi connectivity index (χ3v) is 6.57. The zero-order chi connectivity index (χ0) is 25.5. The molecule has 34 heavy (non-hydrogen) atoms. The second-order valence-electron chi connectivity index (χ2n) is 8.75. The molecule has 0 saturated carbocycles. The highest BCUT2D eigenvalue weighted by molar-refractivity contribution is 7.92. The minimum Gasteiger partial charge on any atom is -0.354 e. The van der Waals surface area contributed by atoms with Gasteiger partial charge in [-0.3, -0.25) is 13.9 Å². The number of carbonyl (C=O) groups is 2. The summed E-state index contributed by atoms with van der Waals surface area (Å²) in [5.41, 5.74) is 2.03. The quantitative estimate of drug-likeness (QED) is 0.522. The second-order valence-corrected chi connectivity index (χ2v) is 10.7. The summed E-state index contributed by atoms with van der Waals surface area (Å²) in [5.74, 6) is -1.07. The Bertz CT molecular complexity index is 1070. The molecule has 1 unspecified atom stereocenters. The average Bonchev–Trinajstić information content (AvgIpc) is 2.79. The van der Waals surface area contributed by atoms with Crippen molar-refractivity contribution in [1.29, 1.82) is 0 Å². The van der Waals surface area contributed by atoms with E-state index in [1.807, 2.05) is 32.9 Å². The van der Waals surface area contributed by atoms with E-state index in [1.54, 1.807) is 19.1 Å². The van der Waals surface area contributed by atoms with Gasteiger partial charge in [0.25, 0.3) is 0 Å². The highest BCUT2D eigenvalue weighted by Crippen LogP contribution is 2.20. The van der Waals surface area contributed by atoms with E-state index in [0.717, 1.165) is 22.5 Å². The van der Waals surface area contributed by atoms with Crippen LogP contribution in [0.2, 0.25) is 0 Å². The predicted molar refractivity (Wildman–Crippen MR) is 132 cm³/mol. The Morgan fingerprint density at radius 2 is 1.53 bits per heavy atom. The Morgan fingerprint density at radius 3 is 2.03 bits per heavy atom. The van der Waals surface area contributed by atoms with Crippen LogP contribution in [-0.2, 0) is 32.6 Å². The Kier molecular flexibility index (Phi) is 9.61. The standard InChI is InChI=1S/C25H34FN3O4S/c1-6-20-9-13-23(14-10-20)29(34(5,32)33)17-24(30)28(16-21-7-11-22(26)12-8-21)19(4)25(31)27-15-18(2)3/h7-14,18-19H,6,15-17H2,1-5H3,(H,27,31). The maximum atomic E-state index is 13.4. The lowest BCUT2D eigenvalue weighted by atomic mass is 10.1. The Balaban J connectivity index is 2.34. The van der Waals surface area contributed by atoms with Crippen molar-refractivity contribution >= 4 is 27.5 Å². The highest BCUT2D eigenvalue weighted by Gasteiger charge is 2.30. The molecule has 0 aliphatic carbocycles. The topological polar surface area (TPSA) is 86.8 Å². The van der Waals surface area contributed by atoms with E-state index in [1.165, 1.54) is 29.2 Å². The van der Waals surface area contributed by atoms with E-state index >= 15 is 0 Å². The van der Waals surface area contributed by atoms with E-state index in [4.69, 9.17) is 0 Å². The molecule has 0 heterocycles. The first-order valence-electron chi connectivity index (χ1n) is 11.3. The SMILES string of the molecule is CCc1ccc(N(CC(=O)N(Cc2ccc(F)cc2)C(C)C(=O)NCC(C)C)S(C)(=O)=O)cc1. The summed E-state index contributed by atoms with van der Waals surface area (Å²) in [7, 11) is -3.78. The molecule has 2 rings (SSSR count). The fraction of sp³-hybridized carbons (Fsp3) is 0.440. The molecular formula is C25H34FN3O4S. The number of halogens is 1. The monoisotopic (exact) mass is 491 g/mol. The van der Waals surface area contributed by atoms with Crippen molar-refractivity contribution in [2.45, 2.75) is 46.7 Å². The van der Waals surface area contributed by atoms with Crippen molar-refractivity contribution in [2.75, 3.05) is 23.7 Å². The Morgan fingerprint density at radius 1 is 0.971 bits per heavy atom. The number of amides is 2. The lowest BCUT2D eigenvalue weighted by molar-refractivity contribution is -0.139. The van der Waals surface area contributed by atoms with Gasteiger partial charge in [-0.1, -0.05) is 45.0 Å². The van der Waals surface area contributed by atoms with Crippen LogP contribution >= 0.6 is 0 Å². The first-order valence-corrected chi connectivity index (χ1v) is 13.2. The van der Waals surface area contributed by atoms with Crippen LogP contribution < -0.4 is 9.62 Å². The van der Waals surface area contributed by atoms with Crippen molar-refractivity contribution in [2.24, 2.45) is 5.92 Å². The summed E-state index contributed by atoms with van der Waals surface area (Å²) in [4.78, 5) is 27.5.